The number of halogens is 1. The Bertz CT molecular complexity index is 1440. The highest BCUT2D eigenvalue weighted by atomic mass is 35.5. The van der Waals surface area contributed by atoms with E-state index in [1.54, 1.807) is 47.2 Å². The first-order valence-electron chi connectivity index (χ1n) is 9.59. The van der Waals surface area contributed by atoms with Gasteiger partial charge in [-0.05, 0) is 49.4 Å². The summed E-state index contributed by atoms with van der Waals surface area (Å²) in [6.45, 7) is 2.13. The first-order chi connectivity index (χ1) is 15.1. The van der Waals surface area contributed by atoms with Gasteiger partial charge in [0.2, 0.25) is 0 Å². The first kappa shape index (κ1) is 19.0. The molecule has 0 saturated heterocycles. The molecule has 0 unspecified atom stereocenters. The number of fused-ring (bicyclic) bond motifs is 3. The fraction of sp³-hybridized carbons (Fsp3) is 0.0833. The van der Waals surface area contributed by atoms with E-state index in [4.69, 9.17) is 26.4 Å². The molecule has 0 atom stereocenters. The van der Waals surface area contributed by atoms with Crippen LogP contribution in [0.25, 0.3) is 16.8 Å². The van der Waals surface area contributed by atoms with Gasteiger partial charge in [-0.1, -0.05) is 28.9 Å². The number of aliphatic imine (C=N–C) groups is 1. The van der Waals surface area contributed by atoms with Gasteiger partial charge < -0.3 is 4.52 Å². The molecule has 0 radical (unpaired) electrons. The maximum atomic E-state index is 13.8. The molecule has 0 aliphatic carbocycles. The van der Waals surface area contributed by atoms with Crippen molar-refractivity contribution < 1.29 is 4.52 Å². The summed E-state index contributed by atoms with van der Waals surface area (Å²) in [7, 11) is 0. The molecule has 5 rings (SSSR count). The number of aromatic nitrogens is 2. The average Bonchev–Trinajstić information content (AvgIpc) is 3.06. The normalized spacial score (nSPS) is 12.4. The van der Waals surface area contributed by atoms with Crippen molar-refractivity contribution >= 4 is 17.3 Å². The van der Waals surface area contributed by atoms with Crippen molar-refractivity contribution in [2.75, 3.05) is 0 Å². The molecular formula is C24H15ClN4O2. The van der Waals surface area contributed by atoms with Crippen LogP contribution in [0, 0.1) is 18.3 Å². The molecule has 2 aromatic carbocycles. The van der Waals surface area contributed by atoms with E-state index >= 15 is 0 Å². The molecule has 2 aromatic heterocycles. The van der Waals surface area contributed by atoms with E-state index in [0.29, 0.717) is 39.0 Å². The first-order valence-corrected chi connectivity index (χ1v) is 9.97. The third-order valence-electron chi connectivity index (χ3n) is 5.30. The number of pyridine rings is 1. The monoisotopic (exact) mass is 426 g/mol. The van der Waals surface area contributed by atoms with Crippen molar-refractivity contribution in [1.82, 2.24) is 9.72 Å². The van der Waals surface area contributed by atoms with Crippen molar-refractivity contribution in [3.05, 3.63) is 104 Å². The van der Waals surface area contributed by atoms with E-state index < -0.39 is 0 Å². The fourth-order valence-corrected chi connectivity index (χ4v) is 3.94. The molecule has 1 aliphatic rings. The Kier molecular flexibility index (Phi) is 4.54. The highest BCUT2D eigenvalue weighted by Crippen LogP contribution is 2.34. The topological polar surface area (TPSA) is 84.2 Å². The zero-order valence-corrected chi connectivity index (χ0v) is 17.2. The van der Waals surface area contributed by atoms with Crippen LogP contribution in [-0.4, -0.2) is 15.4 Å². The van der Waals surface area contributed by atoms with E-state index in [0.717, 1.165) is 16.7 Å². The van der Waals surface area contributed by atoms with E-state index in [9.17, 15) is 4.79 Å². The van der Waals surface area contributed by atoms with Crippen LogP contribution in [0.3, 0.4) is 0 Å². The van der Waals surface area contributed by atoms with Crippen LogP contribution in [0.15, 0.2) is 75.1 Å². The van der Waals surface area contributed by atoms with Gasteiger partial charge in [-0.2, -0.15) is 5.26 Å². The van der Waals surface area contributed by atoms with Crippen molar-refractivity contribution in [3.8, 4) is 22.9 Å². The van der Waals surface area contributed by atoms with Crippen molar-refractivity contribution in [3.63, 3.8) is 0 Å². The highest BCUT2D eigenvalue weighted by molar-refractivity contribution is 6.30. The summed E-state index contributed by atoms with van der Waals surface area (Å²) in [6.07, 6.45) is 1.73. The number of hydrogen-bond acceptors (Lipinski definition) is 5. The Morgan fingerprint density at radius 2 is 1.81 bits per heavy atom. The fourth-order valence-electron chi connectivity index (χ4n) is 3.82. The largest absolute Gasteiger partial charge is 0.358 e. The van der Waals surface area contributed by atoms with E-state index in [1.165, 1.54) is 0 Å². The van der Waals surface area contributed by atoms with Gasteiger partial charge in [-0.3, -0.25) is 14.4 Å². The van der Waals surface area contributed by atoms with Crippen LogP contribution in [0.1, 0.15) is 28.1 Å². The Hall–Kier alpha value is -3.95. The number of rotatable bonds is 2. The predicted octanol–water partition coefficient (Wildman–Crippen LogP) is 4.68. The summed E-state index contributed by atoms with van der Waals surface area (Å²) in [4.78, 5) is 18.5. The van der Waals surface area contributed by atoms with Crippen LogP contribution >= 0.6 is 11.6 Å². The van der Waals surface area contributed by atoms with Crippen LogP contribution in [0.2, 0.25) is 5.02 Å². The Morgan fingerprint density at radius 3 is 2.52 bits per heavy atom. The summed E-state index contributed by atoms with van der Waals surface area (Å²) >= 11 is 6.07. The molecule has 0 amide bonds. The van der Waals surface area contributed by atoms with E-state index in [2.05, 4.69) is 11.2 Å². The standard InChI is InChI=1S/C24H15ClN4O2/c1-14-21-19-10-11-29(18-8-2-15(12-26)3-9-18)24(30)22(19)23(27-13-20(21)31-28-14)16-4-6-17(25)7-5-16/h2-11H,13H2,1H3. The number of hydrogen-bond donors (Lipinski definition) is 0. The smallest absolute Gasteiger partial charge is 0.265 e. The summed E-state index contributed by atoms with van der Waals surface area (Å²) in [6, 6.07) is 18.1. The summed E-state index contributed by atoms with van der Waals surface area (Å²) in [5.74, 6) is 0.623. The lowest BCUT2D eigenvalue weighted by Crippen LogP contribution is -2.26. The van der Waals surface area contributed by atoms with Crippen LogP contribution < -0.4 is 5.56 Å². The number of benzene rings is 2. The molecule has 0 N–H and O–H groups in total. The SMILES string of the molecule is Cc1noc2c1-c1ccn(-c3ccc(C#N)cc3)c(=O)c1C(c1ccc(Cl)cc1)=NC2. The summed E-state index contributed by atoms with van der Waals surface area (Å²) < 4.78 is 7.04. The van der Waals surface area contributed by atoms with Crippen molar-refractivity contribution in [2.45, 2.75) is 13.5 Å². The molecule has 31 heavy (non-hydrogen) atoms. The lowest BCUT2D eigenvalue weighted by Gasteiger charge is -2.14. The second kappa shape index (κ2) is 7.38. The number of nitriles is 1. The summed E-state index contributed by atoms with van der Waals surface area (Å²) in [5, 5.41) is 13.7. The van der Waals surface area contributed by atoms with Crippen molar-refractivity contribution in [2.24, 2.45) is 4.99 Å². The zero-order valence-electron chi connectivity index (χ0n) is 16.5. The minimum Gasteiger partial charge on any atom is -0.358 e. The number of aryl methyl sites for hydroxylation is 1. The van der Waals surface area contributed by atoms with Gasteiger partial charge >= 0.3 is 0 Å². The van der Waals surface area contributed by atoms with Gasteiger partial charge in [0.05, 0.1) is 34.2 Å². The molecule has 6 nitrogen and oxygen atoms in total. The Labute approximate surface area is 182 Å². The maximum absolute atomic E-state index is 13.8. The lowest BCUT2D eigenvalue weighted by atomic mass is 9.94. The van der Waals surface area contributed by atoms with E-state index in [-0.39, 0.29) is 12.1 Å². The van der Waals surface area contributed by atoms with Gasteiger partial charge in [-0.15, -0.1) is 0 Å². The molecule has 0 spiro atoms. The molecule has 0 saturated carbocycles. The Balaban J connectivity index is 1.79. The van der Waals surface area contributed by atoms with Crippen LogP contribution in [0.4, 0.5) is 0 Å². The third-order valence-corrected chi connectivity index (χ3v) is 5.56. The average molecular weight is 427 g/mol. The van der Waals surface area contributed by atoms with Gasteiger partial charge in [0, 0.05) is 28.0 Å². The second-order valence-corrected chi connectivity index (χ2v) is 7.61. The van der Waals surface area contributed by atoms with Crippen LogP contribution in [-0.2, 0) is 6.54 Å². The second-order valence-electron chi connectivity index (χ2n) is 7.18. The Morgan fingerprint density at radius 1 is 1.06 bits per heavy atom. The van der Waals surface area contributed by atoms with Gasteiger partial charge in [0.25, 0.3) is 5.56 Å². The molecule has 3 heterocycles. The molecule has 4 aromatic rings. The molecule has 0 fully saturated rings. The molecular weight excluding hydrogens is 412 g/mol. The summed E-state index contributed by atoms with van der Waals surface area (Å²) in [5.41, 5.74) is 5.04. The molecule has 0 bridgehead atoms. The quantitative estimate of drug-likeness (QED) is 0.466. The van der Waals surface area contributed by atoms with Crippen LogP contribution in [0.5, 0.6) is 0 Å². The minimum atomic E-state index is -0.218. The highest BCUT2D eigenvalue weighted by Gasteiger charge is 2.27. The number of nitrogens with zero attached hydrogens (tertiary/aromatic N) is 4. The maximum Gasteiger partial charge on any atom is 0.265 e. The molecule has 150 valence electrons. The third kappa shape index (κ3) is 3.16. The zero-order chi connectivity index (χ0) is 21.5. The van der Waals surface area contributed by atoms with Crippen molar-refractivity contribution in [1.29, 1.82) is 5.26 Å². The lowest BCUT2D eigenvalue weighted by molar-refractivity contribution is 0.382. The molecule has 7 heteroatoms. The molecule has 1 aliphatic heterocycles. The van der Waals surface area contributed by atoms with Gasteiger partial charge in [-0.25, -0.2) is 0 Å². The van der Waals surface area contributed by atoms with Gasteiger partial charge in [0.15, 0.2) is 5.76 Å². The predicted molar refractivity (Wildman–Crippen MR) is 118 cm³/mol. The van der Waals surface area contributed by atoms with E-state index in [1.807, 2.05) is 25.1 Å². The van der Waals surface area contributed by atoms with Gasteiger partial charge in [0.1, 0.15) is 6.54 Å². The minimum absolute atomic E-state index is 0.218.